The molecule has 13 nitrogen and oxygen atoms in total. The molecule has 0 aromatic heterocycles. The number of oxime groups is 1. The van der Waals surface area contributed by atoms with E-state index >= 15 is 0 Å². The van der Waals surface area contributed by atoms with E-state index in [4.69, 9.17) is 28.5 Å². The number of aliphatic hydroxyl groups is 2. The highest BCUT2D eigenvalue weighted by atomic mass is 16.7. The zero-order valence-electron chi connectivity index (χ0n) is 37.8. The van der Waals surface area contributed by atoms with E-state index in [1.165, 1.54) is 52.1 Å². The number of ether oxygens (including phenoxy) is 5. The van der Waals surface area contributed by atoms with Crippen molar-refractivity contribution in [1.82, 2.24) is 10.2 Å². The molecule has 6 atom stereocenters. The Morgan fingerprint density at radius 1 is 0.905 bits per heavy atom. The monoisotopic (exact) mass is 874 g/mol. The maximum Gasteiger partial charge on any atom is 0.412 e. The molecule has 63 heavy (non-hydrogen) atoms. The average Bonchev–Trinajstić information content (AvgIpc) is 3.77. The molecule has 2 amide bonds. The van der Waals surface area contributed by atoms with Crippen molar-refractivity contribution in [2.75, 3.05) is 47.3 Å². The molecule has 0 unspecified atom stereocenters. The highest BCUT2D eigenvalue weighted by molar-refractivity contribution is 6.03. The fourth-order valence-corrected chi connectivity index (χ4v) is 10.2. The van der Waals surface area contributed by atoms with Crippen LogP contribution in [0, 0.1) is 17.8 Å². The van der Waals surface area contributed by atoms with Crippen molar-refractivity contribution in [2.24, 2.45) is 22.9 Å². The Morgan fingerprint density at radius 2 is 1.60 bits per heavy atom. The number of aliphatic hydroxyl groups excluding tert-OH is 2. The predicted octanol–water partition coefficient (Wildman–Crippen LogP) is 9.46. The van der Waals surface area contributed by atoms with E-state index < -0.39 is 23.8 Å². The van der Waals surface area contributed by atoms with E-state index in [0.717, 1.165) is 56.1 Å². The number of carbonyl (C=O) groups is 2. The maximum atomic E-state index is 14.6. The minimum absolute atomic E-state index is 0.0242. The number of rotatable bonds is 26. The van der Waals surface area contributed by atoms with Gasteiger partial charge in [0.2, 0.25) is 12.6 Å². The zero-order chi connectivity index (χ0) is 44.6. The molecule has 2 aliphatic heterocycles. The number of carbonyl (C=O) groups excluding carboxylic acids is 2. The highest BCUT2D eigenvalue weighted by Gasteiger charge is 2.65. The minimum Gasteiger partial charge on any atom is -0.459 e. The van der Waals surface area contributed by atoms with Gasteiger partial charge in [0.15, 0.2) is 11.5 Å². The first-order chi connectivity index (χ1) is 30.8. The van der Waals surface area contributed by atoms with Gasteiger partial charge >= 0.3 is 6.09 Å². The summed E-state index contributed by atoms with van der Waals surface area (Å²) < 4.78 is 31.3. The van der Waals surface area contributed by atoms with Crippen LogP contribution in [0.25, 0.3) is 0 Å². The molecule has 3 N–H and O–H groups in total. The summed E-state index contributed by atoms with van der Waals surface area (Å²) in [5, 5.41) is 27.3. The van der Waals surface area contributed by atoms with Crippen LogP contribution in [0.1, 0.15) is 138 Å². The van der Waals surface area contributed by atoms with Gasteiger partial charge in [-0.05, 0) is 85.9 Å². The molecule has 0 spiro atoms. The summed E-state index contributed by atoms with van der Waals surface area (Å²) >= 11 is 0. The number of likely N-dealkylation sites (N-methyl/N-ethyl adjacent to an activating group) is 1. The van der Waals surface area contributed by atoms with Gasteiger partial charge in [-0.25, -0.2) is 4.79 Å². The second-order valence-corrected chi connectivity index (χ2v) is 17.4. The average molecular weight is 874 g/mol. The molecule has 0 saturated heterocycles. The predicted molar refractivity (Wildman–Crippen MR) is 242 cm³/mol. The van der Waals surface area contributed by atoms with E-state index in [1.54, 1.807) is 42.3 Å². The van der Waals surface area contributed by atoms with Gasteiger partial charge in [-0.3, -0.25) is 4.79 Å². The number of fused-ring (bicyclic) bond motifs is 3. The lowest BCUT2D eigenvalue weighted by Gasteiger charge is -2.59. The third-order valence-electron chi connectivity index (χ3n) is 13.3. The van der Waals surface area contributed by atoms with Crippen LogP contribution < -0.4 is 24.3 Å². The Kier molecular flexibility index (Phi) is 18.2. The van der Waals surface area contributed by atoms with Gasteiger partial charge in [-0.15, -0.1) is 6.58 Å². The number of unbranched alkanes of at least 4 members (excludes halogenated alkanes) is 11. The Morgan fingerprint density at radius 3 is 2.32 bits per heavy atom. The number of nitrogens with zero attached hydrogens (tertiary/aromatic N) is 2. The molecule has 0 radical (unpaired) electrons. The molecule has 6 rings (SSSR count). The normalized spacial score (nSPS) is 23.5. The Bertz CT molecular complexity index is 1880. The number of allylic oxidation sites excluding steroid dienone is 1. The molecular formula is C50H71N3O10. The molecule has 2 heterocycles. The first-order valence-corrected chi connectivity index (χ1v) is 23.5. The van der Waals surface area contributed by atoms with Crippen LogP contribution in [0.15, 0.2) is 65.9 Å². The van der Waals surface area contributed by atoms with Crippen LogP contribution in [-0.2, 0) is 9.57 Å². The zero-order valence-corrected chi connectivity index (χ0v) is 37.8. The number of nitrogens with one attached hydrogen (secondary N) is 1. The summed E-state index contributed by atoms with van der Waals surface area (Å²) in [6.07, 6.45) is 20.4. The Balaban J connectivity index is 1.33. The summed E-state index contributed by atoms with van der Waals surface area (Å²) in [6.45, 7) is 7.18. The van der Waals surface area contributed by atoms with Crippen LogP contribution in [0.2, 0.25) is 0 Å². The summed E-state index contributed by atoms with van der Waals surface area (Å²) in [4.78, 5) is 35.0. The number of benzene rings is 2. The largest absolute Gasteiger partial charge is 0.459 e. The van der Waals surface area contributed by atoms with Crippen molar-refractivity contribution in [1.29, 1.82) is 0 Å². The van der Waals surface area contributed by atoms with Crippen LogP contribution in [-0.4, -0.2) is 92.0 Å². The van der Waals surface area contributed by atoms with Crippen molar-refractivity contribution < 1.29 is 48.3 Å². The fourth-order valence-electron chi connectivity index (χ4n) is 10.2. The van der Waals surface area contributed by atoms with Crippen molar-refractivity contribution in [2.45, 2.75) is 134 Å². The molecule has 346 valence electrons. The van der Waals surface area contributed by atoms with E-state index in [1.807, 2.05) is 12.1 Å². The Labute approximate surface area is 374 Å². The van der Waals surface area contributed by atoms with Crippen molar-refractivity contribution in [3.05, 3.63) is 71.8 Å². The lowest BCUT2D eigenvalue weighted by molar-refractivity contribution is -0.252. The first-order valence-electron chi connectivity index (χ1n) is 23.5. The van der Waals surface area contributed by atoms with Gasteiger partial charge in [-0.1, -0.05) is 94.9 Å². The van der Waals surface area contributed by atoms with Crippen molar-refractivity contribution >= 4 is 17.7 Å². The molecule has 0 bridgehead atoms. The van der Waals surface area contributed by atoms with E-state index in [0.29, 0.717) is 53.7 Å². The second kappa shape index (κ2) is 23.9. The lowest BCUT2D eigenvalue weighted by atomic mass is 9.55. The molecule has 4 aliphatic rings. The van der Waals surface area contributed by atoms with Gasteiger partial charge in [0.05, 0.1) is 18.2 Å². The quantitative estimate of drug-likeness (QED) is 0.0473. The summed E-state index contributed by atoms with van der Waals surface area (Å²) in [6, 6.07) is 9.97. The number of hydrogen-bond acceptors (Lipinski definition) is 11. The topological polar surface area (TPSA) is 158 Å². The molecule has 2 aromatic rings. The van der Waals surface area contributed by atoms with Gasteiger partial charge in [-0.2, -0.15) is 0 Å². The summed E-state index contributed by atoms with van der Waals surface area (Å²) in [5.74, 6) is -0.283. The van der Waals surface area contributed by atoms with Gasteiger partial charge in [0.1, 0.15) is 24.7 Å². The van der Waals surface area contributed by atoms with Gasteiger partial charge in [0, 0.05) is 50.3 Å². The SMILES string of the molecule is C=CCO[C@@]12Oc3ccc(OC(=O)NCCCCCCCCCCCC)cc3[C@H]3[C@H](CCCCO)[C@@H](CCCCO)C=C(C(=NOC)C[C@@H]1N(C)C(=O)c1ccc4c(c1)OCO4)[C@H]32. The lowest BCUT2D eigenvalue weighted by Crippen LogP contribution is -2.69. The van der Waals surface area contributed by atoms with Crippen molar-refractivity contribution in [3.8, 4) is 23.0 Å². The third-order valence-corrected chi connectivity index (χ3v) is 13.3. The maximum absolute atomic E-state index is 14.6. The van der Waals surface area contributed by atoms with Crippen LogP contribution >= 0.6 is 0 Å². The Hall–Kier alpha value is -4.59. The fraction of sp³-hybridized carbons (Fsp3) is 0.620. The molecule has 1 fully saturated rings. The molecule has 13 heteroatoms. The van der Waals surface area contributed by atoms with Crippen LogP contribution in [0.3, 0.4) is 0 Å². The van der Waals surface area contributed by atoms with Crippen molar-refractivity contribution in [3.63, 3.8) is 0 Å². The third kappa shape index (κ3) is 11.6. The molecule has 2 aliphatic carbocycles. The minimum atomic E-state index is -1.41. The van der Waals surface area contributed by atoms with E-state index in [2.05, 4.69) is 30.1 Å². The summed E-state index contributed by atoms with van der Waals surface area (Å²) in [7, 11) is 3.28. The second-order valence-electron chi connectivity index (χ2n) is 17.4. The smallest absolute Gasteiger partial charge is 0.412 e. The van der Waals surface area contributed by atoms with Crippen LogP contribution in [0.5, 0.6) is 23.0 Å². The molecule has 2 aromatic carbocycles. The molecular weight excluding hydrogens is 803 g/mol. The van der Waals surface area contributed by atoms with Crippen LogP contribution in [0.4, 0.5) is 4.79 Å². The highest BCUT2D eigenvalue weighted by Crippen LogP contribution is 2.62. The number of hydrogen-bond donors (Lipinski definition) is 3. The number of amides is 2. The van der Waals surface area contributed by atoms with Gasteiger partial charge < -0.3 is 49.0 Å². The van der Waals surface area contributed by atoms with Gasteiger partial charge in [0.25, 0.3) is 5.91 Å². The first kappa shape index (κ1) is 47.9. The van der Waals surface area contributed by atoms with E-state index in [9.17, 15) is 19.8 Å². The molecule has 1 saturated carbocycles. The van der Waals surface area contributed by atoms with E-state index in [-0.39, 0.29) is 56.7 Å². The standard InChI is InChI=1S/C50H71N3O10/c1-5-7-8-9-10-11-12-13-14-17-26-51-49(57)62-37-23-25-42-40(32-37)46-38(21-16-19-28-55)35(20-15-18-27-54)30-39-41(52-58-4)33-45(50(63-42,47(39)46)61-29-6-2)53(3)48(56)36-22-24-43-44(31-36)60-34-59-43/h6,22-25,30-32,35,38,45-47,54-55H,2,5,7-21,26-29,33-34H2,1,3-4H3,(H,51,57)/t35-,38+,45-,46+,47+,50+/m0/s1. The summed E-state index contributed by atoms with van der Waals surface area (Å²) in [5.41, 5.74) is 2.89.